The van der Waals surface area contributed by atoms with Gasteiger partial charge in [0.25, 0.3) is 11.6 Å². The minimum absolute atomic E-state index is 0.0518. The molecule has 2 aromatic carbocycles. The summed E-state index contributed by atoms with van der Waals surface area (Å²) in [5.41, 5.74) is 1.59. The molecule has 0 atom stereocenters. The Labute approximate surface area is 152 Å². The van der Waals surface area contributed by atoms with E-state index in [2.05, 4.69) is 0 Å². The summed E-state index contributed by atoms with van der Waals surface area (Å²) in [4.78, 5) is 27.0. The van der Waals surface area contributed by atoms with Crippen LogP contribution in [0, 0.1) is 22.9 Å². The molecule has 2 rings (SSSR count). The van der Waals surface area contributed by atoms with E-state index in [1.54, 1.807) is 24.0 Å². The SMILES string of the molecule is Cc1cc([N+](=O)[O-])ccc1C(=O)N(CCN(C)C)Cc1cccc(F)c1. The van der Waals surface area contributed by atoms with Crippen molar-refractivity contribution < 1.29 is 14.1 Å². The molecule has 0 spiro atoms. The van der Waals surface area contributed by atoms with Gasteiger partial charge < -0.3 is 9.80 Å². The number of nitrogens with zero attached hydrogens (tertiary/aromatic N) is 3. The highest BCUT2D eigenvalue weighted by Crippen LogP contribution is 2.20. The second-order valence-electron chi connectivity index (χ2n) is 6.42. The first-order valence-electron chi connectivity index (χ1n) is 8.21. The first-order chi connectivity index (χ1) is 12.3. The van der Waals surface area contributed by atoms with Gasteiger partial charge in [-0.3, -0.25) is 14.9 Å². The van der Waals surface area contributed by atoms with Crippen molar-refractivity contribution in [2.75, 3.05) is 27.2 Å². The van der Waals surface area contributed by atoms with Gasteiger partial charge in [-0.25, -0.2) is 4.39 Å². The fraction of sp³-hybridized carbons (Fsp3) is 0.316. The van der Waals surface area contributed by atoms with Crippen molar-refractivity contribution in [3.8, 4) is 0 Å². The van der Waals surface area contributed by atoms with E-state index in [-0.39, 0.29) is 24.0 Å². The Bertz CT molecular complexity index is 808. The van der Waals surface area contributed by atoms with Gasteiger partial charge in [0.1, 0.15) is 5.82 Å². The van der Waals surface area contributed by atoms with E-state index in [0.717, 1.165) is 0 Å². The fourth-order valence-electron chi connectivity index (χ4n) is 2.60. The zero-order valence-electron chi connectivity index (χ0n) is 15.1. The quantitative estimate of drug-likeness (QED) is 0.562. The van der Waals surface area contributed by atoms with Crippen LogP contribution in [0.2, 0.25) is 0 Å². The number of amides is 1. The Morgan fingerprint density at radius 3 is 2.46 bits per heavy atom. The molecule has 0 aliphatic carbocycles. The largest absolute Gasteiger partial charge is 0.333 e. The fourth-order valence-corrected chi connectivity index (χ4v) is 2.60. The van der Waals surface area contributed by atoms with E-state index in [4.69, 9.17) is 0 Å². The molecular weight excluding hydrogens is 337 g/mol. The van der Waals surface area contributed by atoms with Gasteiger partial charge in [-0.2, -0.15) is 0 Å². The summed E-state index contributed by atoms with van der Waals surface area (Å²) in [5.74, 6) is -0.586. The molecular formula is C19H22FN3O3. The summed E-state index contributed by atoms with van der Waals surface area (Å²) in [6, 6.07) is 10.3. The number of carbonyl (C=O) groups is 1. The number of halogens is 1. The Kier molecular flexibility index (Phi) is 6.41. The monoisotopic (exact) mass is 359 g/mol. The molecule has 138 valence electrons. The normalized spacial score (nSPS) is 10.8. The van der Waals surface area contributed by atoms with E-state index in [1.807, 2.05) is 19.0 Å². The highest BCUT2D eigenvalue weighted by molar-refractivity contribution is 5.96. The van der Waals surface area contributed by atoms with Crippen LogP contribution in [-0.2, 0) is 6.54 Å². The topological polar surface area (TPSA) is 66.7 Å². The third-order valence-electron chi connectivity index (χ3n) is 4.02. The smallest absolute Gasteiger partial charge is 0.269 e. The number of nitro groups is 1. The maximum atomic E-state index is 13.5. The van der Waals surface area contributed by atoms with Crippen molar-refractivity contribution in [2.24, 2.45) is 0 Å². The first kappa shape index (κ1) is 19.5. The van der Waals surface area contributed by atoms with Crippen LogP contribution in [0.4, 0.5) is 10.1 Å². The minimum atomic E-state index is -0.488. The summed E-state index contributed by atoms with van der Waals surface area (Å²) in [6.45, 7) is 3.04. The standard InChI is InChI=1S/C19H22FN3O3/c1-14-11-17(23(25)26)7-8-18(14)19(24)22(10-9-21(2)3)13-15-5-4-6-16(20)12-15/h4-8,11-12H,9-10,13H2,1-3H3. The molecule has 2 aromatic rings. The van der Waals surface area contributed by atoms with E-state index < -0.39 is 4.92 Å². The maximum absolute atomic E-state index is 13.5. The lowest BCUT2D eigenvalue weighted by Crippen LogP contribution is -2.36. The van der Waals surface area contributed by atoms with Gasteiger partial charge in [-0.1, -0.05) is 12.1 Å². The van der Waals surface area contributed by atoms with Crippen LogP contribution in [0.5, 0.6) is 0 Å². The molecule has 0 unspecified atom stereocenters. The number of nitro benzene ring substituents is 1. The molecule has 1 amide bonds. The van der Waals surface area contributed by atoms with Gasteiger partial charge in [0.2, 0.25) is 0 Å². The molecule has 0 fully saturated rings. The van der Waals surface area contributed by atoms with Gasteiger partial charge >= 0.3 is 0 Å². The first-order valence-corrected chi connectivity index (χ1v) is 8.21. The third-order valence-corrected chi connectivity index (χ3v) is 4.02. The Morgan fingerprint density at radius 1 is 1.15 bits per heavy atom. The molecule has 0 saturated carbocycles. The molecule has 0 bridgehead atoms. The van der Waals surface area contributed by atoms with Crippen LogP contribution < -0.4 is 0 Å². The zero-order chi connectivity index (χ0) is 19.3. The highest BCUT2D eigenvalue weighted by atomic mass is 19.1. The van der Waals surface area contributed by atoms with Crippen LogP contribution in [0.1, 0.15) is 21.5 Å². The number of non-ortho nitro benzene ring substituents is 1. The average Bonchev–Trinajstić information content (AvgIpc) is 2.57. The van der Waals surface area contributed by atoms with Crippen molar-refractivity contribution in [1.82, 2.24) is 9.80 Å². The Hall–Kier alpha value is -2.80. The number of benzene rings is 2. The van der Waals surface area contributed by atoms with Gasteiger partial charge in [-0.15, -0.1) is 0 Å². The molecule has 0 aliphatic heterocycles. The highest BCUT2D eigenvalue weighted by Gasteiger charge is 2.20. The summed E-state index contributed by atoms with van der Waals surface area (Å²) >= 11 is 0. The van der Waals surface area contributed by atoms with Gasteiger partial charge in [0.05, 0.1) is 4.92 Å². The van der Waals surface area contributed by atoms with E-state index in [1.165, 1.54) is 30.3 Å². The Morgan fingerprint density at radius 2 is 1.88 bits per heavy atom. The molecule has 26 heavy (non-hydrogen) atoms. The number of hydrogen-bond donors (Lipinski definition) is 0. The number of rotatable bonds is 7. The lowest BCUT2D eigenvalue weighted by molar-refractivity contribution is -0.384. The molecule has 0 saturated heterocycles. The van der Waals surface area contributed by atoms with E-state index in [0.29, 0.717) is 29.8 Å². The molecule has 0 aliphatic rings. The van der Waals surface area contributed by atoms with Crippen LogP contribution in [0.15, 0.2) is 42.5 Å². The van der Waals surface area contributed by atoms with Crippen molar-refractivity contribution in [2.45, 2.75) is 13.5 Å². The second kappa shape index (κ2) is 8.53. The van der Waals surface area contributed by atoms with Crippen LogP contribution in [0.25, 0.3) is 0 Å². The van der Waals surface area contributed by atoms with Gasteiger partial charge in [0, 0.05) is 37.3 Å². The van der Waals surface area contributed by atoms with Crippen molar-refractivity contribution in [3.05, 3.63) is 75.1 Å². The molecule has 6 nitrogen and oxygen atoms in total. The lowest BCUT2D eigenvalue weighted by Gasteiger charge is -2.25. The predicted octanol–water partition coefficient (Wildman–Crippen LogP) is 3.25. The van der Waals surface area contributed by atoms with Crippen molar-refractivity contribution in [3.63, 3.8) is 0 Å². The van der Waals surface area contributed by atoms with Crippen LogP contribution in [-0.4, -0.2) is 47.8 Å². The number of carbonyl (C=O) groups excluding carboxylic acids is 1. The second-order valence-corrected chi connectivity index (χ2v) is 6.42. The zero-order valence-corrected chi connectivity index (χ0v) is 15.1. The summed E-state index contributed by atoms with van der Waals surface area (Å²) in [7, 11) is 3.81. The number of aryl methyl sites for hydroxylation is 1. The minimum Gasteiger partial charge on any atom is -0.333 e. The number of likely N-dealkylation sites (N-methyl/N-ethyl adjacent to an activating group) is 1. The van der Waals surface area contributed by atoms with Gasteiger partial charge in [0.15, 0.2) is 0 Å². The lowest BCUT2D eigenvalue weighted by atomic mass is 10.1. The predicted molar refractivity (Wildman–Crippen MR) is 97.5 cm³/mol. The summed E-state index contributed by atoms with van der Waals surface area (Å²) in [6.07, 6.45) is 0. The van der Waals surface area contributed by atoms with E-state index >= 15 is 0 Å². The Balaban J connectivity index is 2.28. The number of hydrogen-bond acceptors (Lipinski definition) is 4. The molecule has 0 N–H and O–H groups in total. The molecule has 7 heteroatoms. The molecule has 0 radical (unpaired) electrons. The van der Waals surface area contributed by atoms with Crippen molar-refractivity contribution in [1.29, 1.82) is 0 Å². The molecule has 0 heterocycles. The van der Waals surface area contributed by atoms with E-state index in [9.17, 15) is 19.3 Å². The average molecular weight is 359 g/mol. The van der Waals surface area contributed by atoms with Gasteiger partial charge in [-0.05, 0) is 50.3 Å². The third kappa shape index (κ3) is 5.10. The maximum Gasteiger partial charge on any atom is 0.269 e. The van der Waals surface area contributed by atoms with Crippen molar-refractivity contribution >= 4 is 11.6 Å². The molecule has 0 aromatic heterocycles. The van der Waals surface area contributed by atoms with Crippen LogP contribution >= 0.6 is 0 Å². The summed E-state index contributed by atoms with van der Waals surface area (Å²) in [5, 5.41) is 10.9. The van der Waals surface area contributed by atoms with Crippen LogP contribution in [0.3, 0.4) is 0 Å². The summed E-state index contributed by atoms with van der Waals surface area (Å²) < 4.78 is 13.5.